The Morgan fingerprint density at radius 3 is 2.48 bits per heavy atom. The first-order chi connectivity index (χ1) is 14.2. The van der Waals surface area contributed by atoms with E-state index in [-0.39, 0.29) is 18.9 Å². The maximum absolute atomic E-state index is 12.4. The topological polar surface area (TPSA) is 64.2 Å². The lowest BCUT2D eigenvalue weighted by atomic mass is 10.1. The number of benzene rings is 3. The van der Waals surface area contributed by atoms with E-state index in [1.165, 1.54) is 4.57 Å². The minimum atomic E-state index is -0.461. The van der Waals surface area contributed by atoms with Crippen LogP contribution in [-0.2, 0) is 11.3 Å². The number of aryl methyl sites for hydroxylation is 1. The Kier molecular flexibility index (Phi) is 5.26. The molecule has 0 spiro atoms. The molecule has 0 saturated heterocycles. The second-order valence-electron chi connectivity index (χ2n) is 6.48. The van der Waals surface area contributed by atoms with Crippen molar-refractivity contribution in [3.05, 3.63) is 101 Å². The molecule has 5 heteroatoms. The highest BCUT2D eigenvalue weighted by Crippen LogP contribution is 2.13. The van der Waals surface area contributed by atoms with Crippen LogP contribution in [0, 0.1) is 11.8 Å². The summed E-state index contributed by atoms with van der Waals surface area (Å²) < 4.78 is 6.66. The normalized spacial score (nSPS) is 10.3. The van der Waals surface area contributed by atoms with E-state index >= 15 is 0 Å². The van der Waals surface area contributed by atoms with E-state index < -0.39 is 5.76 Å². The van der Waals surface area contributed by atoms with Crippen LogP contribution in [0.4, 0.5) is 5.69 Å². The van der Waals surface area contributed by atoms with Crippen LogP contribution in [0.15, 0.2) is 88.1 Å². The number of hydrogen-bond donors (Lipinski definition) is 1. The molecule has 0 unspecified atom stereocenters. The van der Waals surface area contributed by atoms with Gasteiger partial charge in [-0.05, 0) is 42.5 Å². The van der Waals surface area contributed by atoms with Crippen molar-refractivity contribution in [1.82, 2.24) is 4.57 Å². The monoisotopic (exact) mass is 382 g/mol. The predicted octanol–water partition coefficient (Wildman–Crippen LogP) is 4.02. The van der Waals surface area contributed by atoms with Gasteiger partial charge in [0.05, 0.1) is 5.52 Å². The number of aromatic nitrogens is 1. The van der Waals surface area contributed by atoms with Crippen molar-refractivity contribution in [2.24, 2.45) is 0 Å². The van der Waals surface area contributed by atoms with E-state index in [0.29, 0.717) is 16.8 Å². The SMILES string of the molecule is O=C(CCn1c(=O)oc2ccccc21)Nc1cccc(C#Cc2ccccc2)c1. The molecule has 4 rings (SSSR count). The van der Waals surface area contributed by atoms with Gasteiger partial charge in [0.25, 0.3) is 0 Å². The average molecular weight is 382 g/mol. The van der Waals surface area contributed by atoms with E-state index in [0.717, 1.165) is 11.1 Å². The van der Waals surface area contributed by atoms with Crippen LogP contribution in [0.25, 0.3) is 11.1 Å². The van der Waals surface area contributed by atoms with Crippen molar-refractivity contribution in [3.63, 3.8) is 0 Å². The van der Waals surface area contributed by atoms with Gasteiger partial charge in [-0.2, -0.15) is 0 Å². The summed E-state index contributed by atoms with van der Waals surface area (Å²) in [7, 11) is 0. The summed E-state index contributed by atoms with van der Waals surface area (Å²) in [6.45, 7) is 0.245. The van der Waals surface area contributed by atoms with E-state index in [4.69, 9.17) is 4.42 Å². The lowest BCUT2D eigenvalue weighted by Crippen LogP contribution is -2.19. The van der Waals surface area contributed by atoms with Gasteiger partial charge in [-0.3, -0.25) is 9.36 Å². The average Bonchev–Trinajstić information content (AvgIpc) is 3.07. The molecule has 0 radical (unpaired) electrons. The van der Waals surface area contributed by atoms with Crippen molar-refractivity contribution in [1.29, 1.82) is 0 Å². The quantitative estimate of drug-likeness (QED) is 0.542. The van der Waals surface area contributed by atoms with Gasteiger partial charge in [0.15, 0.2) is 5.58 Å². The van der Waals surface area contributed by atoms with Gasteiger partial charge in [-0.15, -0.1) is 0 Å². The molecule has 3 aromatic carbocycles. The highest BCUT2D eigenvalue weighted by Gasteiger charge is 2.10. The highest BCUT2D eigenvalue weighted by atomic mass is 16.4. The molecule has 0 fully saturated rings. The van der Waals surface area contributed by atoms with Gasteiger partial charge < -0.3 is 9.73 Å². The zero-order chi connectivity index (χ0) is 20.1. The molecule has 0 saturated carbocycles. The van der Waals surface area contributed by atoms with Crippen LogP contribution >= 0.6 is 0 Å². The van der Waals surface area contributed by atoms with Crippen molar-refractivity contribution in [2.45, 2.75) is 13.0 Å². The van der Waals surface area contributed by atoms with Crippen LogP contribution in [0.3, 0.4) is 0 Å². The number of amides is 1. The van der Waals surface area contributed by atoms with Gasteiger partial charge in [-0.1, -0.05) is 48.2 Å². The van der Waals surface area contributed by atoms with E-state index in [2.05, 4.69) is 17.2 Å². The predicted molar refractivity (Wildman–Crippen MR) is 113 cm³/mol. The van der Waals surface area contributed by atoms with Gasteiger partial charge in [-0.25, -0.2) is 4.79 Å². The Balaban J connectivity index is 1.42. The maximum atomic E-state index is 12.4. The molecular weight excluding hydrogens is 364 g/mol. The maximum Gasteiger partial charge on any atom is 0.419 e. The van der Waals surface area contributed by atoms with Crippen molar-refractivity contribution < 1.29 is 9.21 Å². The zero-order valence-electron chi connectivity index (χ0n) is 15.6. The first-order valence-corrected chi connectivity index (χ1v) is 9.24. The molecule has 1 amide bonds. The van der Waals surface area contributed by atoms with Crippen LogP contribution in [-0.4, -0.2) is 10.5 Å². The summed E-state index contributed by atoms with van der Waals surface area (Å²) in [5, 5.41) is 2.86. The standard InChI is InChI=1S/C24H18N2O3/c27-23(15-16-26-21-11-4-5-12-22(21)29-24(26)28)25-20-10-6-9-19(17-20)14-13-18-7-2-1-3-8-18/h1-12,17H,15-16H2,(H,25,27). The zero-order valence-corrected chi connectivity index (χ0v) is 15.6. The number of nitrogens with one attached hydrogen (secondary N) is 1. The molecule has 0 aliphatic rings. The number of rotatable bonds is 4. The number of fused-ring (bicyclic) bond motifs is 1. The Labute approximate surface area is 167 Å². The largest absolute Gasteiger partial charge is 0.419 e. The number of para-hydroxylation sites is 2. The molecule has 4 aromatic rings. The van der Waals surface area contributed by atoms with Gasteiger partial charge in [0.1, 0.15) is 0 Å². The highest BCUT2D eigenvalue weighted by molar-refractivity contribution is 5.91. The fourth-order valence-electron chi connectivity index (χ4n) is 3.00. The third-order valence-electron chi connectivity index (χ3n) is 4.41. The fourth-order valence-corrected chi connectivity index (χ4v) is 3.00. The van der Waals surface area contributed by atoms with Gasteiger partial charge >= 0.3 is 5.76 Å². The van der Waals surface area contributed by atoms with E-state index in [1.54, 1.807) is 18.2 Å². The number of carbonyl (C=O) groups excluding carboxylic acids is 1. The molecule has 142 valence electrons. The molecule has 0 aliphatic carbocycles. The van der Waals surface area contributed by atoms with Crippen LogP contribution < -0.4 is 11.1 Å². The Hall–Kier alpha value is -4.04. The fraction of sp³-hybridized carbons (Fsp3) is 0.0833. The minimum Gasteiger partial charge on any atom is -0.408 e. The second-order valence-corrected chi connectivity index (χ2v) is 6.48. The van der Waals surface area contributed by atoms with Crippen molar-refractivity contribution >= 4 is 22.7 Å². The third kappa shape index (κ3) is 4.45. The molecule has 1 aromatic heterocycles. The van der Waals surface area contributed by atoms with Gasteiger partial charge in [0, 0.05) is 29.8 Å². The number of anilines is 1. The second kappa shape index (κ2) is 8.32. The molecular formula is C24H18N2O3. The molecule has 0 bridgehead atoms. The van der Waals surface area contributed by atoms with E-state index in [1.807, 2.05) is 60.7 Å². The van der Waals surface area contributed by atoms with E-state index in [9.17, 15) is 9.59 Å². The first kappa shape index (κ1) is 18.3. The Morgan fingerprint density at radius 2 is 1.62 bits per heavy atom. The summed E-state index contributed by atoms with van der Waals surface area (Å²) in [4.78, 5) is 24.3. The molecule has 29 heavy (non-hydrogen) atoms. The minimum absolute atomic E-state index is 0.156. The molecule has 1 heterocycles. The summed E-state index contributed by atoms with van der Waals surface area (Å²) in [5.74, 6) is 5.55. The number of oxazole rings is 1. The third-order valence-corrected chi connectivity index (χ3v) is 4.41. The smallest absolute Gasteiger partial charge is 0.408 e. The van der Waals surface area contributed by atoms with Crippen LogP contribution in [0.1, 0.15) is 17.5 Å². The Bertz CT molecular complexity index is 1270. The summed E-state index contributed by atoms with van der Waals surface area (Å²) in [6, 6.07) is 24.3. The summed E-state index contributed by atoms with van der Waals surface area (Å²) in [6.07, 6.45) is 0.156. The van der Waals surface area contributed by atoms with Crippen molar-refractivity contribution in [3.8, 4) is 11.8 Å². The lowest BCUT2D eigenvalue weighted by Gasteiger charge is -2.06. The van der Waals surface area contributed by atoms with Crippen LogP contribution in [0.2, 0.25) is 0 Å². The summed E-state index contributed by atoms with van der Waals surface area (Å²) >= 11 is 0. The number of hydrogen-bond acceptors (Lipinski definition) is 3. The molecule has 0 atom stereocenters. The molecule has 5 nitrogen and oxygen atoms in total. The lowest BCUT2D eigenvalue weighted by molar-refractivity contribution is -0.116. The molecule has 0 aliphatic heterocycles. The number of carbonyl (C=O) groups is 1. The molecule has 1 N–H and O–H groups in total. The van der Waals surface area contributed by atoms with Crippen molar-refractivity contribution in [2.75, 3.05) is 5.32 Å². The van der Waals surface area contributed by atoms with Gasteiger partial charge in [0.2, 0.25) is 5.91 Å². The summed E-state index contributed by atoms with van der Waals surface area (Å²) in [5.41, 5.74) is 3.61. The Morgan fingerprint density at radius 1 is 0.897 bits per heavy atom. The van der Waals surface area contributed by atoms with Crippen LogP contribution in [0.5, 0.6) is 0 Å². The number of nitrogens with zero attached hydrogens (tertiary/aromatic N) is 1. The first-order valence-electron chi connectivity index (χ1n) is 9.24.